The van der Waals surface area contributed by atoms with Gasteiger partial charge in [-0.15, -0.1) is 0 Å². The van der Waals surface area contributed by atoms with Crippen molar-refractivity contribution in [2.24, 2.45) is 5.73 Å². The molecule has 0 amide bonds. The lowest BCUT2D eigenvalue weighted by atomic mass is 10.5. The molecule has 0 bridgehead atoms. The molecule has 0 aliphatic carbocycles. The molecular formula is C3H9NO2P+. The zero-order chi connectivity index (χ0) is 7.44. The van der Waals surface area contributed by atoms with E-state index in [9.17, 15) is 4.57 Å². The van der Waals surface area contributed by atoms with E-state index in [1.165, 1.54) is 0 Å². The van der Waals surface area contributed by atoms with E-state index in [1.54, 1.807) is 0 Å². The van der Waals surface area contributed by atoms with Crippen molar-refractivity contribution in [3.63, 3.8) is 0 Å². The van der Waals surface area contributed by atoms with E-state index in [0.29, 0.717) is 0 Å². The molecule has 0 aliphatic heterocycles. The highest BCUT2D eigenvalue weighted by atomic mass is 31.1. The predicted octanol–water partition coefficient (Wildman–Crippen LogP) is 0.0699. The Bertz CT molecular complexity index is 112. The van der Waals surface area contributed by atoms with Crippen LogP contribution in [0.25, 0.3) is 0 Å². The predicted molar refractivity (Wildman–Crippen MR) is 28.4 cm³/mol. The van der Waals surface area contributed by atoms with Crippen molar-refractivity contribution in [1.82, 2.24) is 0 Å². The van der Waals surface area contributed by atoms with Crippen LogP contribution in [0.5, 0.6) is 0 Å². The van der Waals surface area contributed by atoms with Gasteiger partial charge in [0.05, 0.1) is 1.37 Å². The summed E-state index contributed by atoms with van der Waals surface area (Å²) >= 11 is 0. The molecule has 0 saturated heterocycles. The third-order valence-corrected chi connectivity index (χ3v) is 0.835. The largest absolute Gasteiger partial charge is 0.505 e. The Morgan fingerprint density at radius 2 is 2.57 bits per heavy atom. The van der Waals surface area contributed by atoms with E-state index in [4.69, 9.17) is 13.4 Å². The fraction of sp³-hybridized carbons (Fsp3) is 1.00. The third kappa shape index (κ3) is 6.02. The summed E-state index contributed by atoms with van der Waals surface area (Å²) in [7, 11) is -2.56. The molecule has 0 saturated carbocycles. The maximum atomic E-state index is 10.1. The molecule has 0 aliphatic rings. The summed E-state index contributed by atoms with van der Waals surface area (Å²) in [5, 5.41) is 0. The average molecular weight is 126 g/mol. The first-order valence-corrected chi connectivity index (χ1v) is 3.07. The quantitative estimate of drug-likeness (QED) is 0.526. The summed E-state index contributed by atoms with van der Waals surface area (Å²) in [4.78, 5) is 8.27. The molecule has 7 heavy (non-hydrogen) atoms. The lowest BCUT2D eigenvalue weighted by Crippen LogP contribution is -1.98. The van der Waals surface area contributed by atoms with Crippen LogP contribution in [0.4, 0.5) is 0 Å². The maximum absolute atomic E-state index is 10.1. The fourth-order valence-corrected chi connectivity index (χ4v) is 0.453. The summed E-state index contributed by atoms with van der Waals surface area (Å²) in [6, 6.07) is 0. The van der Waals surface area contributed by atoms with Gasteiger partial charge in [0.1, 0.15) is 0 Å². The number of hydrogen-bond acceptors (Lipinski definition) is 2. The summed E-state index contributed by atoms with van der Waals surface area (Å²) < 4.78 is 23.8. The highest BCUT2D eigenvalue weighted by molar-refractivity contribution is 7.37. The van der Waals surface area contributed by atoms with Gasteiger partial charge < -0.3 is 5.73 Å². The van der Waals surface area contributed by atoms with E-state index in [-0.39, 0.29) is 6.54 Å². The van der Waals surface area contributed by atoms with Gasteiger partial charge in [0, 0.05) is 7.77 Å². The van der Waals surface area contributed by atoms with Crippen LogP contribution in [-0.2, 0) is 4.57 Å². The molecule has 0 rings (SSSR count). The average Bonchev–Trinajstić information content (AvgIpc) is 1.84. The zero-order valence-electron chi connectivity index (χ0n) is 5.74. The van der Waals surface area contributed by atoms with Gasteiger partial charge in [-0.2, -0.15) is 4.89 Å². The molecule has 0 aromatic carbocycles. The number of nitrogens with two attached hydrogens (primary N) is 1. The zero-order valence-corrected chi connectivity index (χ0v) is 4.64. The van der Waals surface area contributed by atoms with Crippen LogP contribution in [-0.4, -0.2) is 17.6 Å². The first-order valence-electron chi connectivity index (χ1n) is 2.95. The summed E-state index contributed by atoms with van der Waals surface area (Å²) in [5.74, 6) is 0. The van der Waals surface area contributed by atoms with Gasteiger partial charge in [-0.25, -0.2) is 0 Å². The Balaban J connectivity index is 3.72. The Kier molecular flexibility index (Phi) is 2.37. The van der Waals surface area contributed by atoms with E-state index >= 15 is 0 Å². The van der Waals surface area contributed by atoms with Crippen LogP contribution in [0.2, 0.25) is 0 Å². The van der Waals surface area contributed by atoms with Crippen molar-refractivity contribution < 1.29 is 12.2 Å². The van der Waals surface area contributed by atoms with Crippen LogP contribution in [0.3, 0.4) is 0 Å². The van der Waals surface area contributed by atoms with Crippen LogP contribution in [0.15, 0.2) is 0 Å². The molecule has 0 aromatic rings. The standard InChI is InChI=1S/C3H8NO2P/c4-2-1-3-7(5)6/h1-4H2/p+1/i1T,3T. The van der Waals surface area contributed by atoms with Crippen molar-refractivity contribution >= 4 is 8.03 Å². The normalized spacial score (nSPS) is 24.6. The summed E-state index contributed by atoms with van der Waals surface area (Å²) in [5.41, 5.74) is 4.96. The smallest absolute Gasteiger partial charge is 0.330 e. The van der Waals surface area contributed by atoms with Crippen molar-refractivity contribution in [2.45, 2.75) is 6.40 Å². The minimum Gasteiger partial charge on any atom is -0.330 e. The van der Waals surface area contributed by atoms with Crippen molar-refractivity contribution in [1.29, 1.82) is 0 Å². The second kappa shape index (κ2) is 4.19. The SMILES string of the molecule is [3H]C(CN)C([3H])[P+](=O)O. The van der Waals surface area contributed by atoms with Crippen molar-refractivity contribution in [3.8, 4) is 0 Å². The van der Waals surface area contributed by atoms with Gasteiger partial charge in [0.2, 0.25) is 0 Å². The van der Waals surface area contributed by atoms with E-state index < -0.39 is 20.6 Å². The molecule has 3 unspecified atom stereocenters. The fourth-order valence-electron chi connectivity index (χ4n) is 0.151. The Hall–Kier alpha value is 0.0200. The molecule has 0 heterocycles. The molecular weight excluding hydrogens is 113 g/mol. The lowest BCUT2D eigenvalue weighted by molar-refractivity contribution is 0.501. The second-order valence-corrected chi connectivity index (χ2v) is 1.83. The molecule has 3 N–H and O–H groups in total. The van der Waals surface area contributed by atoms with Crippen LogP contribution in [0.1, 0.15) is 9.14 Å². The molecule has 3 nitrogen and oxygen atoms in total. The molecule has 42 valence electrons. The molecule has 4 heteroatoms. The van der Waals surface area contributed by atoms with Crippen molar-refractivity contribution in [2.75, 3.05) is 12.7 Å². The minimum atomic E-state index is -2.56. The Morgan fingerprint density at radius 3 is 2.71 bits per heavy atom. The number of rotatable bonds is 3. The van der Waals surface area contributed by atoms with E-state index in [2.05, 4.69) is 0 Å². The molecule has 0 aromatic heterocycles. The van der Waals surface area contributed by atoms with Gasteiger partial charge in [0.15, 0.2) is 6.14 Å². The highest BCUT2D eigenvalue weighted by Crippen LogP contribution is 2.12. The Labute approximate surface area is 46.2 Å². The maximum Gasteiger partial charge on any atom is 0.505 e. The monoisotopic (exact) mass is 126 g/mol. The van der Waals surface area contributed by atoms with Crippen LogP contribution < -0.4 is 5.73 Å². The van der Waals surface area contributed by atoms with E-state index in [1.807, 2.05) is 0 Å². The molecule has 3 atom stereocenters. The van der Waals surface area contributed by atoms with Crippen molar-refractivity contribution in [3.05, 3.63) is 0 Å². The molecule has 0 spiro atoms. The van der Waals surface area contributed by atoms with Gasteiger partial charge in [-0.3, -0.25) is 0 Å². The number of hydrogen-bond donors (Lipinski definition) is 2. The minimum absolute atomic E-state index is 0.0458. The van der Waals surface area contributed by atoms with E-state index in [0.717, 1.165) is 0 Å². The van der Waals surface area contributed by atoms with Gasteiger partial charge in [0.25, 0.3) is 0 Å². The van der Waals surface area contributed by atoms with Gasteiger partial charge >= 0.3 is 8.03 Å². The third-order valence-electron chi connectivity index (χ3n) is 0.369. The first kappa shape index (κ1) is 3.96. The second-order valence-electron chi connectivity index (χ2n) is 0.923. The summed E-state index contributed by atoms with van der Waals surface area (Å²) in [6.45, 7) is -0.0458. The van der Waals surface area contributed by atoms with Gasteiger partial charge in [-0.1, -0.05) is 0 Å². The lowest BCUT2D eigenvalue weighted by Gasteiger charge is -1.76. The first-order chi connectivity index (χ1) is 4.09. The van der Waals surface area contributed by atoms with Crippen LogP contribution >= 0.6 is 8.03 Å². The van der Waals surface area contributed by atoms with Gasteiger partial charge in [-0.05, 0) is 11.1 Å². The summed E-state index contributed by atoms with van der Waals surface area (Å²) in [6.07, 6.45) is -2.20. The topological polar surface area (TPSA) is 63.3 Å². The molecule has 0 radical (unpaired) electrons. The highest BCUT2D eigenvalue weighted by Gasteiger charge is 2.05. The van der Waals surface area contributed by atoms with Crippen LogP contribution in [0, 0.1) is 0 Å². The Morgan fingerprint density at radius 1 is 2.00 bits per heavy atom. The molecule has 0 fully saturated rings.